The Morgan fingerprint density at radius 3 is 3.12 bits per heavy atom. The van der Waals surface area contributed by atoms with Crippen molar-refractivity contribution in [2.24, 2.45) is 4.40 Å². The SMILES string of the molecule is O=C(NCc1cn2ccsc2n1)C1=CC=CN2CCS(=O)(=O)N=C12. The maximum atomic E-state index is 12.4. The summed E-state index contributed by atoms with van der Waals surface area (Å²) in [5.74, 6) is -0.259. The summed E-state index contributed by atoms with van der Waals surface area (Å²) in [6, 6.07) is 0. The Morgan fingerprint density at radius 1 is 1.42 bits per heavy atom. The molecule has 2 aromatic rings. The molecule has 0 aromatic carbocycles. The van der Waals surface area contributed by atoms with E-state index in [2.05, 4.69) is 14.7 Å². The minimum absolute atomic E-state index is 0.0544. The number of nitrogens with one attached hydrogen (secondary N) is 1. The van der Waals surface area contributed by atoms with Gasteiger partial charge in [-0.3, -0.25) is 9.20 Å². The normalized spacial score (nSPS) is 18.9. The van der Waals surface area contributed by atoms with Gasteiger partial charge in [-0.1, -0.05) is 0 Å². The molecule has 124 valence electrons. The summed E-state index contributed by atoms with van der Waals surface area (Å²) in [6.07, 6.45) is 8.73. The summed E-state index contributed by atoms with van der Waals surface area (Å²) < 4.78 is 29.0. The third-order valence-electron chi connectivity index (χ3n) is 3.68. The molecule has 2 aromatic heterocycles. The number of fused-ring (bicyclic) bond motifs is 2. The zero-order valence-electron chi connectivity index (χ0n) is 12.4. The molecule has 0 aliphatic carbocycles. The van der Waals surface area contributed by atoms with Crippen molar-refractivity contribution in [3.63, 3.8) is 0 Å². The number of nitrogens with zero attached hydrogens (tertiary/aromatic N) is 4. The highest BCUT2D eigenvalue weighted by Gasteiger charge is 2.29. The number of allylic oxidation sites excluding steroid dienone is 2. The van der Waals surface area contributed by atoms with Crippen LogP contribution in [-0.4, -0.2) is 46.7 Å². The minimum atomic E-state index is -3.52. The van der Waals surface area contributed by atoms with Gasteiger partial charge >= 0.3 is 0 Å². The van der Waals surface area contributed by atoms with Gasteiger partial charge in [0.25, 0.3) is 15.9 Å². The van der Waals surface area contributed by atoms with Crippen molar-refractivity contribution in [1.29, 1.82) is 0 Å². The topological polar surface area (TPSA) is 96.1 Å². The summed E-state index contributed by atoms with van der Waals surface area (Å²) in [5.41, 5.74) is 0.971. The Labute approximate surface area is 141 Å². The molecular formula is C14H13N5O3S2. The van der Waals surface area contributed by atoms with Crippen LogP contribution in [0.1, 0.15) is 5.69 Å². The number of hydrogen-bond acceptors (Lipinski definition) is 6. The Hall–Kier alpha value is -2.46. The molecular weight excluding hydrogens is 350 g/mol. The van der Waals surface area contributed by atoms with Gasteiger partial charge in [-0.25, -0.2) is 13.4 Å². The van der Waals surface area contributed by atoms with Crippen LogP contribution in [0.15, 0.2) is 46.1 Å². The number of carbonyl (C=O) groups is 1. The van der Waals surface area contributed by atoms with Gasteiger partial charge in [0.05, 0.1) is 23.6 Å². The van der Waals surface area contributed by atoms with Crippen molar-refractivity contribution in [1.82, 2.24) is 19.6 Å². The lowest BCUT2D eigenvalue weighted by molar-refractivity contribution is -0.117. The second-order valence-corrected chi connectivity index (χ2v) is 7.95. The summed E-state index contributed by atoms with van der Waals surface area (Å²) in [6.45, 7) is 0.550. The average Bonchev–Trinajstić information content (AvgIpc) is 3.12. The first-order valence-electron chi connectivity index (χ1n) is 7.19. The zero-order valence-corrected chi connectivity index (χ0v) is 14.0. The van der Waals surface area contributed by atoms with Crippen LogP contribution >= 0.6 is 11.3 Å². The molecule has 0 unspecified atom stereocenters. The molecule has 0 saturated heterocycles. The van der Waals surface area contributed by atoms with Crippen LogP contribution in [0.5, 0.6) is 0 Å². The molecule has 1 N–H and O–H groups in total. The van der Waals surface area contributed by atoms with E-state index in [9.17, 15) is 13.2 Å². The van der Waals surface area contributed by atoms with Gasteiger partial charge in [0.2, 0.25) is 0 Å². The van der Waals surface area contributed by atoms with Gasteiger partial charge in [-0.15, -0.1) is 15.7 Å². The largest absolute Gasteiger partial charge is 0.346 e. The van der Waals surface area contributed by atoms with Gasteiger partial charge in [-0.2, -0.15) is 0 Å². The van der Waals surface area contributed by atoms with Crippen molar-refractivity contribution in [2.75, 3.05) is 12.3 Å². The number of amides is 1. The van der Waals surface area contributed by atoms with Crippen LogP contribution < -0.4 is 5.32 Å². The lowest BCUT2D eigenvalue weighted by Crippen LogP contribution is -2.42. The molecule has 0 fully saturated rings. The van der Waals surface area contributed by atoms with E-state index in [1.165, 1.54) is 11.3 Å². The number of imidazole rings is 1. The predicted molar refractivity (Wildman–Crippen MR) is 90.1 cm³/mol. The van der Waals surface area contributed by atoms with Crippen molar-refractivity contribution < 1.29 is 13.2 Å². The van der Waals surface area contributed by atoms with E-state index in [1.807, 2.05) is 22.2 Å². The van der Waals surface area contributed by atoms with Gasteiger partial charge in [0, 0.05) is 30.5 Å². The highest BCUT2D eigenvalue weighted by Crippen LogP contribution is 2.18. The van der Waals surface area contributed by atoms with Crippen LogP contribution in [-0.2, 0) is 21.4 Å². The maximum Gasteiger partial charge on any atom is 0.256 e. The van der Waals surface area contributed by atoms with E-state index in [4.69, 9.17) is 0 Å². The molecule has 2 aliphatic rings. The first-order chi connectivity index (χ1) is 11.5. The summed E-state index contributed by atoms with van der Waals surface area (Å²) in [5, 5.41) is 4.70. The molecule has 4 heterocycles. The Bertz CT molecular complexity index is 984. The second-order valence-electron chi connectivity index (χ2n) is 5.32. The number of carbonyl (C=O) groups excluding carboxylic acids is 1. The Kier molecular flexibility index (Phi) is 3.50. The third-order valence-corrected chi connectivity index (χ3v) is 5.60. The molecule has 0 radical (unpaired) electrons. The van der Waals surface area contributed by atoms with Crippen LogP contribution in [0.4, 0.5) is 0 Å². The first kappa shape index (κ1) is 15.1. The van der Waals surface area contributed by atoms with E-state index in [0.717, 1.165) is 10.7 Å². The average molecular weight is 363 g/mol. The van der Waals surface area contributed by atoms with Crippen molar-refractivity contribution in [2.45, 2.75) is 6.54 Å². The number of hydrogen-bond donors (Lipinski definition) is 1. The summed E-state index contributed by atoms with van der Waals surface area (Å²) >= 11 is 1.51. The van der Waals surface area contributed by atoms with E-state index in [1.54, 1.807) is 23.3 Å². The van der Waals surface area contributed by atoms with Gasteiger partial charge < -0.3 is 10.2 Å². The van der Waals surface area contributed by atoms with E-state index >= 15 is 0 Å². The zero-order chi connectivity index (χ0) is 16.7. The minimum Gasteiger partial charge on any atom is -0.346 e. The third kappa shape index (κ3) is 2.74. The highest BCUT2D eigenvalue weighted by atomic mass is 32.2. The van der Waals surface area contributed by atoms with Crippen LogP contribution in [0.25, 0.3) is 4.96 Å². The molecule has 1 amide bonds. The molecule has 24 heavy (non-hydrogen) atoms. The molecule has 2 aliphatic heterocycles. The molecule has 0 bridgehead atoms. The van der Waals surface area contributed by atoms with Crippen molar-refractivity contribution in [3.8, 4) is 0 Å². The number of amidine groups is 1. The lowest BCUT2D eigenvalue weighted by atomic mass is 10.1. The van der Waals surface area contributed by atoms with Gasteiger partial charge in [-0.05, 0) is 12.2 Å². The molecule has 0 spiro atoms. The number of rotatable bonds is 3. The van der Waals surface area contributed by atoms with Crippen molar-refractivity contribution >= 4 is 38.1 Å². The highest BCUT2D eigenvalue weighted by molar-refractivity contribution is 7.90. The Balaban J connectivity index is 1.53. The fourth-order valence-corrected chi connectivity index (χ4v) is 4.23. The van der Waals surface area contributed by atoms with Gasteiger partial charge in [0.1, 0.15) is 0 Å². The summed E-state index contributed by atoms with van der Waals surface area (Å²) in [7, 11) is -3.52. The van der Waals surface area contributed by atoms with Crippen LogP contribution in [0, 0.1) is 0 Å². The first-order valence-corrected chi connectivity index (χ1v) is 9.68. The van der Waals surface area contributed by atoms with Gasteiger partial charge in [0.15, 0.2) is 10.8 Å². The monoisotopic (exact) mass is 363 g/mol. The maximum absolute atomic E-state index is 12.4. The second kappa shape index (κ2) is 5.56. The van der Waals surface area contributed by atoms with E-state index < -0.39 is 10.0 Å². The number of aromatic nitrogens is 2. The molecule has 10 heteroatoms. The molecule has 8 nitrogen and oxygen atoms in total. The summed E-state index contributed by atoms with van der Waals surface area (Å²) in [4.78, 5) is 19.4. The standard InChI is InChI=1S/C14H13N5O3S2/c20-13(15-8-10-9-19-4-6-23-14(19)16-10)11-2-1-3-18-5-7-24(21,22)17-12(11)18/h1-4,6,9H,5,7-8H2,(H,15,20). The quantitative estimate of drug-likeness (QED) is 0.857. The Morgan fingerprint density at radius 2 is 2.29 bits per heavy atom. The number of thiazole rings is 1. The van der Waals surface area contributed by atoms with Crippen LogP contribution in [0.3, 0.4) is 0 Å². The smallest absolute Gasteiger partial charge is 0.256 e. The fourth-order valence-electron chi connectivity index (χ4n) is 2.52. The van der Waals surface area contributed by atoms with Crippen molar-refractivity contribution in [3.05, 3.63) is 47.4 Å². The number of sulfonamides is 1. The molecule has 4 rings (SSSR count). The lowest BCUT2D eigenvalue weighted by Gasteiger charge is -2.28. The van der Waals surface area contributed by atoms with Crippen LogP contribution in [0.2, 0.25) is 0 Å². The van der Waals surface area contributed by atoms with E-state index in [-0.39, 0.29) is 29.6 Å². The fraction of sp³-hybridized carbons (Fsp3) is 0.214. The predicted octanol–water partition coefficient (Wildman–Crippen LogP) is 0.510. The molecule has 0 saturated carbocycles. The molecule has 0 atom stereocenters. The van der Waals surface area contributed by atoms with E-state index in [0.29, 0.717) is 6.54 Å².